The normalized spacial score (nSPS) is 46.7. The van der Waals surface area contributed by atoms with E-state index < -0.39 is 25.9 Å². The van der Waals surface area contributed by atoms with E-state index in [2.05, 4.69) is 4.31 Å². The Balaban J connectivity index is 2.15. The Morgan fingerprint density at radius 2 is 1.33 bits per heavy atom. The molecular weight excluding hydrogens is 246 g/mol. The van der Waals surface area contributed by atoms with Crippen LogP contribution in [0.2, 0.25) is 0 Å². The van der Waals surface area contributed by atoms with Crippen LogP contribution in [0.15, 0.2) is 0 Å². The van der Waals surface area contributed by atoms with Gasteiger partial charge in [0.15, 0.2) is 10.7 Å². The second kappa shape index (κ2) is 2.93. The topological polar surface area (TPSA) is 109 Å². The third kappa shape index (κ3) is 1.83. The first-order chi connectivity index (χ1) is 6.62. The predicted molar refractivity (Wildman–Crippen MR) is 49.4 cm³/mol. The van der Waals surface area contributed by atoms with E-state index in [1.165, 1.54) is 13.8 Å². The second-order valence-corrected chi connectivity index (χ2v) is 8.68. The average Bonchev–Trinajstić information content (AvgIpc) is 2.88. The lowest BCUT2D eigenvalue weighted by atomic mass is 10.6. The number of epoxide rings is 2. The van der Waals surface area contributed by atoms with Crippen LogP contribution < -0.4 is 0 Å². The van der Waals surface area contributed by atoms with E-state index in [-0.39, 0.29) is 13.2 Å². The molecule has 2 rings (SSSR count). The fraction of sp³-hybridized carbons (Fsp3) is 1.00. The first-order valence-corrected chi connectivity index (χ1v) is 7.43. The molecule has 2 saturated heterocycles. The van der Waals surface area contributed by atoms with E-state index in [9.17, 15) is 18.9 Å². The highest BCUT2D eigenvalue weighted by Crippen LogP contribution is 2.75. The van der Waals surface area contributed by atoms with Gasteiger partial charge in [0.1, 0.15) is 0 Å². The van der Waals surface area contributed by atoms with Crippen molar-refractivity contribution in [1.29, 1.82) is 0 Å². The number of hydrogen-bond donors (Lipinski definition) is 2. The van der Waals surface area contributed by atoms with Crippen molar-refractivity contribution in [2.24, 2.45) is 0 Å². The van der Waals surface area contributed by atoms with E-state index in [1.807, 2.05) is 0 Å². The maximum absolute atomic E-state index is 11.6. The largest absolute Gasteiger partial charge is 0.368 e. The van der Waals surface area contributed by atoms with Gasteiger partial charge in [-0.25, -0.2) is 4.31 Å². The number of hydrogen-bond acceptors (Lipinski definition) is 5. The monoisotopic (exact) mass is 258 g/mol. The first kappa shape index (κ1) is 11.7. The Morgan fingerprint density at radius 1 is 1.07 bits per heavy atom. The highest BCUT2D eigenvalue weighted by molar-refractivity contribution is 7.68. The summed E-state index contributed by atoms with van der Waals surface area (Å²) in [5, 5.41) is -2.70. The van der Waals surface area contributed by atoms with Crippen LogP contribution in [-0.2, 0) is 22.9 Å². The average molecular weight is 258 g/mol. The van der Waals surface area contributed by atoms with E-state index in [0.717, 1.165) is 0 Å². The molecule has 0 aromatic heterocycles. The summed E-state index contributed by atoms with van der Waals surface area (Å²) in [5.41, 5.74) is 0. The maximum atomic E-state index is 11.6. The van der Waals surface area contributed by atoms with E-state index in [4.69, 9.17) is 9.47 Å². The molecular formula is C6H12O7P2. The molecule has 4 atom stereocenters. The van der Waals surface area contributed by atoms with Gasteiger partial charge < -0.3 is 19.3 Å². The summed E-state index contributed by atoms with van der Waals surface area (Å²) in [5.74, 6) is 0. The molecule has 0 saturated carbocycles. The molecule has 0 aliphatic carbocycles. The van der Waals surface area contributed by atoms with Gasteiger partial charge in [-0.2, -0.15) is 0 Å². The SMILES string of the molecule is CC1(P(=O)(O)OP(=O)(O)C2(C)CO2)CO1. The van der Waals surface area contributed by atoms with Gasteiger partial charge in [0, 0.05) is 0 Å². The van der Waals surface area contributed by atoms with Crippen molar-refractivity contribution in [3.63, 3.8) is 0 Å². The predicted octanol–water partition coefficient (Wildman–Crippen LogP) is 0.867. The minimum absolute atomic E-state index is 0.0400. The summed E-state index contributed by atoms with van der Waals surface area (Å²) in [6.07, 6.45) is 0. The van der Waals surface area contributed by atoms with Gasteiger partial charge in [-0.05, 0) is 13.8 Å². The van der Waals surface area contributed by atoms with Crippen molar-refractivity contribution in [2.75, 3.05) is 13.2 Å². The summed E-state index contributed by atoms with van der Waals surface area (Å²) in [4.78, 5) is 18.9. The molecule has 15 heavy (non-hydrogen) atoms. The molecule has 0 spiro atoms. The molecule has 0 aromatic rings. The van der Waals surface area contributed by atoms with Crippen molar-refractivity contribution in [1.82, 2.24) is 0 Å². The molecule has 2 fully saturated rings. The molecule has 0 amide bonds. The Kier molecular flexibility index (Phi) is 2.29. The molecule has 2 heterocycles. The fourth-order valence-corrected chi connectivity index (χ4v) is 4.22. The van der Waals surface area contributed by atoms with Crippen molar-refractivity contribution in [3.8, 4) is 0 Å². The van der Waals surface area contributed by atoms with Gasteiger partial charge in [-0.15, -0.1) is 0 Å². The Bertz CT molecular complexity index is 347. The van der Waals surface area contributed by atoms with Crippen molar-refractivity contribution in [2.45, 2.75) is 24.5 Å². The van der Waals surface area contributed by atoms with Crippen LogP contribution in [0.25, 0.3) is 0 Å². The minimum atomic E-state index is -4.26. The third-order valence-electron chi connectivity index (χ3n) is 2.54. The fourth-order valence-electron chi connectivity index (χ4n) is 0.858. The Hall–Kier alpha value is 0.260. The van der Waals surface area contributed by atoms with Crippen LogP contribution in [0, 0.1) is 0 Å². The zero-order valence-corrected chi connectivity index (χ0v) is 10.0. The Morgan fingerprint density at radius 3 is 1.53 bits per heavy atom. The summed E-state index contributed by atoms with van der Waals surface area (Å²) in [6.45, 7) is 2.78. The Labute approximate surface area is 86.4 Å². The third-order valence-corrected chi connectivity index (χ3v) is 7.22. The highest BCUT2D eigenvalue weighted by atomic mass is 31.3. The van der Waals surface area contributed by atoms with Gasteiger partial charge in [-0.3, -0.25) is 9.13 Å². The molecule has 2 aliphatic rings. The summed E-state index contributed by atoms with van der Waals surface area (Å²) in [7, 11) is -8.52. The quantitative estimate of drug-likeness (QED) is 0.568. The lowest BCUT2D eigenvalue weighted by Gasteiger charge is -2.21. The molecule has 9 heteroatoms. The molecule has 2 N–H and O–H groups in total. The van der Waals surface area contributed by atoms with Gasteiger partial charge in [0.25, 0.3) is 0 Å². The molecule has 7 nitrogen and oxygen atoms in total. The van der Waals surface area contributed by atoms with Crippen molar-refractivity contribution < 1.29 is 32.7 Å². The number of rotatable bonds is 4. The molecule has 4 unspecified atom stereocenters. The minimum Gasteiger partial charge on any atom is -0.356 e. The zero-order valence-electron chi connectivity index (χ0n) is 8.24. The van der Waals surface area contributed by atoms with Crippen molar-refractivity contribution >= 4 is 15.2 Å². The zero-order chi connectivity index (χ0) is 11.5. The summed E-state index contributed by atoms with van der Waals surface area (Å²) in [6, 6.07) is 0. The summed E-state index contributed by atoms with van der Waals surface area (Å²) < 4.78 is 37.1. The van der Waals surface area contributed by atoms with Crippen LogP contribution in [0.3, 0.4) is 0 Å². The van der Waals surface area contributed by atoms with Gasteiger partial charge >= 0.3 is 15.2 Å². The van der Waals surface area contributed by atoms with E-state index in [0.29, 0.717) is 0 Å². The van der Waals surface area contributed by atoms with E-state index in [1.54, 1.807) is 0 Å². The highest BCUT2D eigenvalue weighted by Gasteiger charge is 2.65. The van der Waals surface area contributed by atoms with Crippen LogP contribution in [0.1, 0.15) is 13.8 Å². The van der Waals surface area contributed by atoms with Gasteiger partial charge in [-0.1, -0.05) is 0 Å². The molecule has 0 aromatic carbocycles. The van der Waals surface area contributed by atoms with Crippen LogP contribution >= 0.6 is 15.2 Å². The maximum Gasteiger partial charge on any atom is 0.368 e. The smallest absolute Gasteiger partial charge is 0.356 e. The standard InChI is InChI=1S/C6H12O7P2/c1-5(3-11-5)14(7,8)13-15(9,10)6(2)4-12-6/h3-4H2,1-2H3,(H,7,8)(H,9,10). The molecule has 88 valence electrons. The molecule has 0 radical (unpaired) electrons. The second-order valence-electron chi connectivity index (χ2n) is 4.05. The van der Waals surface area contributed by atoms with Crippen LogP contribution in [0.5, 0.6) is 0 Å². The lowest BCUT2D eigenvalue weighted by Crippen LogP contribution is -2.13. The van der Waals surface area contributed by atoms with E-state index >= 15 is 0 Å². The van der Waals surface area contributed by atoms with Crippen LogP contribution in [0.4, 0.5) is 0 Å². The summed E-state index contributed by atoms with van der Waals surface area (Å²) >= 11 is 0. The van der Waals surface area contributed by atoms with Crippen molar-refractivity contribution in [3.05, 3.63) is 0 Å². The lowest BCUT2D eigenvalue weighted by molar-refractivity contribution is 0.262. The van der Waals surface area contributed by atoms with Gasteiger partial charge in [0.2, 0.25) is 0 Å². The van der Waals surface area contributed by atoms with Gasteiger partial charge in [0.05, 0.1) is 13.2 Å². The molecule has 2 aliphatic heterocycles. The molecule has 0 bridgehead atoms. The first-order valence-electron chi connectivity index (χ1n) is 4.27. The van der Waals surface area contributed by atoms with Crippen LogP contribution in [-0.4, -0.2) is 33.7 Å². The number of ether oxygens (including phenoxy) is 2.